The Morgan fingerprint density at radius 1 is 0.686 bits per heavy atom. The zero-order valence-corrected chi connectivity index (χ0v) is 25.4. The second-order valence-corrected chi connectivity index (χ2v) is 42.4. The van der Waals surface area contributed by atoms with E-state index in [1.807, 2.05) is 0 Å². The summed E-state index contributed by atoms with van der Waals surface area (Å²) in [5, 5.41) is 1.24. The van der Waals surface area contributed by atoms with Crippen LogP contribution in [0, 0.1) is 0 Å². The van der Waals surface area contributed by atoms with Gasteiger partial charge in [-0.2, -0.15) is 0 Å². The third kappa shape index (κ3) is 4.21. The topological polar surface area (TPSA) is 0 Å². The van der Waals surface area contributed by atoms with Gasteiger partial charge < -0.3 is 0 Å². The summed E-state index contributed by atoms with van der Waals surface area (Å²) in [6.45, 7) is 0. The second-order valence-electron chi connectivity index (χ2n) is 9.28. The van der Waals surface area contributed by atoms with Crippen LogP contribution in [0.25, 0.3) is 17.7 Å². The van der Waals surface area contributed by atoms with Crippen LogP contribution in [-0.4, -0.2) is 0 Å². The van der Waals surface area contributed by atoms with Crippen LogP contribution < -0.4 is 5.30 Å². The maximum absolute atomic E-state index is 8.26. The standard InChI is InChI=1S/C15H10Br.C9H7.C6H6P.2ClH.Zr/c16-15-7-5-11(6-8-15)14-9-12-3-1-2-4-13(12)10-14;1-2-5-9-7-3-6-8(9)4-1;7-6-4-2-1-3-5-6;;;/h1-10H;1-7H;1-5,7H;2*1H;/q;;-1;;;+3/p-2. The van der Waals surface area contributed by atoms with Gasteiger partial charge in [0.05, 0.1) is 0 Å². The third-order valence-electron chi connectivity index (χ3n) is 7.16. The van der Waals surface area contributed by atoms with Gasteiger partial charge in [0, 0.05) is 0 Å². The van der Waals surface area contributed by atoms with E-state index in [1.54, 1.807) is 0 Å². The summed E-state index contributed by atoms with van der Waals surface area (Å²) >= 11 is -1.23. The number of fused-ring (bicyclic) bond motifs is 2. The summed E-state index contributed by atoms with van der Waals surface area (Å²) < 4.78 is 1.08. The van der Waals surface area contributed by atoms with Gasteiger partial charge in [0.1, 0.15) is 0 Å². The van der Waals surface area contributed by atoms with Gasteiger partial charge in [-0.15, -0.1) is 0 Å². The molecule has 4 aromatic carbocycles. The molecule has 4 aromatic rings. The van der Waals surface area contributed by atoms with Gasteiger partial charge in [-0.1, -0.05) is 0 Å². The average Bonchev–Trinajstić information content (AvgIpc) is 3.48. The molecule has 0 nitrogen and oxygen atoms in total. The molecule has 2 aliphatic carbocycles. The molecule has 0 spiro atoms. The fraction of sp³-hybridized carbons (Fsp3) is 0.0667. The SMILES string of the molecule is [Cl][Zr]([Cl])([PH]c1ccccc1)([CH]1C=Cc2ccccc21)[CH]1C(c2ccc(Br)cc2)=Cc2ccccc21. The van der Waals surface area contributed by atoms with E-state index < -0.39 is 15.8 Å². The minimum atomic E-state index is -4.82. The van der Waals surface area contributed by atoms with Gasteiger partial charge >= 0.3 is 226 Å². The van der Waals surface area contributed by atoms with E-state index in [2.05, 4.69) is 137 Å². The van der Waals surface area contributed by atoms with Crippen molar-refractivity contribution in [1.82, 2.24) is 0 Å². The molecule has 3 atom stereocenters. The van der Waals surface area contributed by atoms with Gasteiger partial charge in [-0.3, -0.25) is 0 Å². The van der Waals surface area contributed by atoms with Crippen molar-refractivity contribution in [2.75, 3.05) is 0 Å². The molecule has 0 N–H and O–H groups in total. The second kappa shape index (κ2) is 9.24. The zero-order chi connectivity index (χ0) is 24.1. The first-order valence-corrected chi connectivity index (χ1v) is 26.3. The predicted octanol–water partition coefficient (Wildman–Crippen LogP) is 9.73. The molecule has 3 unspecified atom stereocenters. The van der Waals surface area contributed by atoms with Crippen molar-refractivity contribution in [3.05, 3.63) is 141 Å². The van der Waals surface area contributed by atoms with E-state index in [9.17, 15) is 0 Å². The summed E-state index contributed by atoms with van der Waals surface area (Å²) in [6.07, 6.45) is 6.84. The number of benzene rings is 4. The normalized spacial score (nSPS) is 19.9. The van der Waals surface area contributed by atoms with Gasteiger partial charge in [0.15, 0.2) is 0 Å². The number of hydrogen-bond acceptors (Lipinski definition) is 0. The molecule has 5 heteroatoms. The summed E-state index contributed by atoms with van der Waals surface area (Å²) in [6, 6.07) is 36.5. The van der Waals surface area contributed by atoms with E-state index >= 15 is 0 Å². The molecule has 2 aliphatic rings. The fourth-order valence-electron chi connectivity index (χ4n) is 5.62. The molecule has 0 saturated heterocycles. The summed E-state index contributed by atoms with van der Waals surface area (Å²) in [5.74, 6) is 0.361. The Labute approximate surface area is 224 Å². The molecular weight excluding hydrogens is 633 g/mol. The molecule has 6 rings (SSSR count). The molecule has 0 aromatic heterocycles. The van der Waals surface area contributed by atoms with Crippen molar-refractivity contribution in [2.24, 2.45) is 0 Å². The first kappa shape index (κ1) is 24.1. The summed E-state index contributed by atoms with van der Waals surface area (Å²) in [4.78, 5) is 0. The Kier molecular flexibility index (Phi) is 6.36. The predicted molar refractivity (Wildman–Crippen MR) is 156 cm³/mol. The molecule has 173 valence electrons. The van der Waals surface area contributed by atoms with E-state index in [4.69, 9.17) is 17.0 Å². The zero-order valence-electron chi connectivity index (χ0n) is 18.8. The van der Waals surface area contributed by atoms with Crippen LogP contribution in [0.3, 0.4) is 0 Å². The van der Waals surface area contributed by atoms with Crippen molar-refractivity contribution >= 4 is 61.9 Å². The van der Waals surface area contributed by atoms with Crippen LogP contribution in [0.4, 0.5) is 0 Å². The van der Waals surface area contributed by atoms with Crippen LogP contribution in [0.5, 0.6) is 0 Å². The molecule has 0 radical (unpaired) electrons. The molecule has 0 bridgehead atoms. The molecule has 0 heterocycles. The van der Waals surface area contributed by atoms with Gasteiger partial charge in [-0.25, -0.2) is 0 Å². The monoisotopic (exact) mass is 653 g/mol. The van der Waals surface area contributed by atoms with Crippen LogP contribution in [0.2, 0.25) is 0 Å². The van der Waals surface area contributed by atoms with Crippen molar-refractivity contribution in [3.8, 4) is 0 Å². The van der Waals surface area contributed by atoms with Crippen LogP contribution >= 0.6 is 38.8 Å². The Bertz CT molecular complexity index is 1480. The first-order chi connectivity index (χ1) is 16.9. The van der Waals surface area contributed by atoms with Crippen LogP contribution in [-0.2, 0) is 15.8 Å². The Morgan fingerprint density at radius 3 is 2.06 bits per heavy atom. The molecule has 35 heavy (non-hydrogen) atoms. The quantitative estimate of drug-likeness (QED) is 0.188. The van der Waals surface area contributed by atoms with Crippen molar-refractivity contribution in [3.63, 3.8) is 0 Å². The van der Waals surface area contributed by atoms with Crippen LogP contribution in [0.1, 0.15) is 35.1 Å². The van der Waals surface area contributed by atoms with Gasteiger partial charge in [0.25, 0.3) is 0 Å². The summed E-state index contributed by atoms with van der Waals surface area (Å²) in [7, 11) is 16.5. The fourth-order valence-corrected chi connectivity index (χ4v) is 34.9. The Morgan fingerprint density at radius 2 is 1.31 bits per heavy atom. The van der Waals surface area contributed by atoms with Crippen molar-refractivity contribution < 1.29 is 15.8 Å². The van der Waals surface area contributed by atoms with E-state index in [1.165, 1.54) is 38.7 Å². The van der Waals surface area contributed by atoms with Gasteiger partial charge in [-0.05, 0) is 0 Å². The van der Waals surface area contributed by atoms with Crippen molar-refractivity contribution in [1.29, 1.82) is 0 Å². The number of rotatable bonds is 5. The molecule has 0 saturated carbocycles. The molecule has 0 amide bonds. The third-order valence-corrected chi connectivity index (χ3v) is 34.9. The Balaban J connectivity index is 1.61. The van der Waals surface area contributed by atoms with E-state index in [0.717, 1.165) is 4.47 Å². The minimum absolute atomic E-state index is 0.0171. The molecule has 0 aliphatic heterocycles. The molecule has 0 fully saturated rings. The van der Waals surface area contributed by atoms with Gasteiger partial charge in [0.2, 0.25) is 0 Å². The van der Waals surface area contributed by atoms with Crippen LogP contribution in [0.15, 0.2) is 114 Å². The number of hydrogen-bond donors (Lipinski definition) is 0. The maximum atomic E-state index is 8.26. The molecular formula is C30H23BrCl2PZr. The summed E-state index contributed by atoms with van der Waals surface area (Å²) in [5.41, 5.74) is 7.43. The Hall–Kier alpha value is -1.27. The number of halogens is 3. The van der Waals surface area contributed by atoms with E-state index in [0.29, 0.717) is 5.87 Å². The average molecular weight is 657 g/mol. The van der Waals surface area contributed by atoms with Crippen molar-refractivity contribution in [2.45, 2.75) is 7.25 Å². The van der Waals surface area contributed by atoms with E-state index in [-0.39, 0.29) is 7.25 Å². The number of allylic oxidation sites excluding steroid dienone is 2. The first-order valence-electron chi connectivity index (χ1n) is 11.7.